The van der Waals surface area contributed by atoms with Gasteiger partial charge in [-0.1, -0.05) is 166 Å². The van der Waals surface area contributed by atoms with Gasteiger partial charge in [0.05, 0.1) is 0 Å². The summed E-state index contributed by atoms with van der Waals surface area (Å²) in [6.07, 6.45) is 0. The largest absolute Gasteiger partial charge is 2.00 e. The molecule has 0 aromatic heterocycles. The summed E-state index contributed by atoms with van der Waals surface area (Å²) >= 11 is 0. The van der Waals surface area contributed by atoms with E-state index in [1.165, 1.54) is 21.2 Å². The standard InChI is InChI=1S/2C12H11P.2C2H6.2ClH.Co/c2*1-3-7-11(8-4-1)13-12-9-5-2-6-10-12;2*1-2;;;/h2*1-10,13H;2*1-2H3;2*1H;/q;;;;;;+2/p-2. The summed E-state index contributed by atoms with van der Waals surface area (Å²) in [5.41, 5.74) is 0. The molecule has 0 saturated carbocycles. The monoisotopic (exact) mass is 561 g/mol. The van der Waals surface area contributed by atoms with Gasteiger partial charge in [-0.3, -0.25) is 0 Å². The Morgan fingerprint density at radius 3 is 0.636 bits per heavy atom. The van der Waals surface area contributed by atoms with Crippen LogP contribution in [0.4, 0.5) is 0 Å². The molecule has 4 rings (SSSR count). The molecule has 0 nitrogen and oxygen atoms in total. The van der Waals surface area contributed by atoms with E-state index in [1.807, 2.05) is 27.7 Å². The summed E-state index contributed by atoms with van der Waals surface area (Å²) in [5, 5.41) is 5.59. The summed E-state index contributed by atoms with van der Waals surface area (Å²) in [5.74, 6) is 0. The van der Waals surface area contributed by atoms with E-state index in [4.69, 9.17) is 0 Å². The van der Waals surface area contributed by atoms with Crippen molar-refractivity contribution in [2.45, 2.75) is 27.7 Å². The number of hydrogen-bond donors (Lipinski definition) is 0. The molecule has 0 aliphatic carbocycles. The molecular weight excluding hydrogens is 528 g/mol. The molecule has 0 amide bonds. The van der Waals surface area contributed by atoms with Crippen LogP contribution in [0.25, 0.3) is 0 Å². The zero-order chi connectivity index (χ0) is 21.9. The minimum Gasteiger partial charge on any atom is -1.00 e. The van der Waals surface area contributed by atoms with Crippen molar-refractivity contribution < 1.29 is 41.6 Å². The van der Waals surface area contributed by atoms with Crippen LogP contribution in [0.2, 0.25) is 0 Å². The number of rotatable bonds is 4. The van der Waals surface area contributed by atoms with E-state index in [9.17, 15) is 0 Å². The molecule has 33 heavy (non-hydrogen) atoms. The van der Waals surface area contributed by atoms with Crippen LogP contribution >= 0.6 is 17.2 Å². The van der Waals surface area contributed by atoms with Gasteiger partial charge >= 0.3 is 16.8 Å². The van der Waals surface area contributed by atoms with Crippen molar-refractivity contribution in [1.29, 1.82) is 0 Å². The second-order valence-corrected chi connectivity index (χ2v) is 8.52. The van der Waals surface area contributed by atoms with Crippen LogP contribution in [0.1, 0.15) is 27.7 Å². The first-order chi connectivity index (χ1) is 14.9. The van der Waals surface area contributed by atoms with Crippen molar-refractivity contribution in [3.8, 4) is 0 Å². The fourth-order valence-corrected chi connectivity index (χ4v) is 4.52. The maximum Gasteiger partial charge on any atom is 2.00 e. The first-order valence-corrected chi connectivity index (χ1v) is 12.6. The average molecular weight is 562 g/mol. The van der Waals surface area contributed by atoms with E-state index in [0.29, 0.717) is 0 Å². The van der Waals surface area contributed by atoms with E-state index >= 15 is 0 Å². The number of hydrogen-bond acceptors (Lipinski definition) is 0. The van der Waals surface area contributed by atoms with E-state index in [0.717, 1.165) is 17.2 Å². The van der Waals surface area contributed by atoms with Gasteiger partial charge in [-0.2, -0.15) is 0 Å². The predicted molar refractivity (Wildman–Crippen MR) is 144 cm³/mol. The maximum absolute atomic E-state index is 2.17. The minimum atomic E-state index is 0. The van der Waals surface area contributed by atoms with Crippen LogP contribution in [0, 0.1) is 0 Å². The Labute approximate surface area is 228 Å². The average Bonchev–Trinajstić information content (AvgIpc) is 2.85. The molecule has 5 heteroatoms. The second kappa shape index (κ2) is 25.4. The van der Waals surface area contributed by atoms with Crippen molar-refractivity contribution in [3.05, 3.63) is 121 Å². The topological polar surface area (TPSA) is 0 Å². The Kier molecular flexibility index (Phi) is 28.1. The van der Waals surface area contributed by atoms with Gasteiger partial charge in [-0.25, -0.2) is 0 Å². The molecule has 0 N–H and O–H groups in total. The molecule has 4 aromatic carbocycles. The first kappa shape index (κ1) is 36.4. The van der Waals surface area contributed by atoms with Crippen LogP contribution < -0.4 is 46.0 Å². The van der Waals surface area contributed by atoms with Gasteiger partial charge in [-0.05, 0) is 21.2 Å². The van der Waals surface area contributed by atoms with Crippen LogP contribution in [0.15, 0.2) is 121 Å². The van der Waals surface area contributed by atoms with E-state index in [-0.39, 0.29) is 41.6 Å². The maximum atomic E-state index is 2.17. The van der Waals surface area contributed by atoms with Crippen molar-refractivity contribution in [3.63, 3.8) is 0 Å². The molecule has 0 saturated heterocycles. The fourth-order valence-electron chi connectivity index (χ4n) is 2.42. The molecule has 179 valence electrons. The summed E-state index contributed by atoms with van der Waals surface area (Å²) in [6.45, 7) is 8.00. The van der Waals surface area contributed by atoms with Crippen molar-refractivity contribution in [2.24, 2.45) is 0 Å². The summed E-state index contributed by atoms with van der Waals surface area (Å²) < 4.78 is 0. The first-order valence-electron chi connectivity index (χ1n) is 10.6. The van der Waals surface area contributed by atoms with Crippen molar-refractivity contribution in [1.82, 2.24) is 0 Å². The van der Waals surface area contributed by atoms with Crippen LogP contribution in [-0.2, 0) is 16.8 Å². The van der Waals surface area contributed by atoms with Crippen LogP contribution in [0.3, 0.4) is 0 Å². The molecule has 0 unspecified atom stereocenters. The Hall–Kier alpha value is -1.17. The quantitative estimate of drug-likeness (QED) is 0.322. The van der Waals surface area contributed by atoms with Gasteiger partial charge in [0.2, 0.25) is 0 Å². The van der Waals surface area contributed by atoms with Crippen LogP contribution in [-0.4, -0.2) is 0 Å². The zero-order valence-electron chi connectivity index (χ0n) is 19.6. The van der Waals surface area contributed by atoms with E-state index in [1.54, 1.807) is 0 Å². The molecule has 0 spiro atoms. The molecule has 4 aromatic rings. The van der Waals surface area contributed by atoms with Gasteiger partial charge in [0.25, 0.3) is 0 Å². The third-order valence-electron chi connectivity index (χ3n) is 3.67. The molecule has 0 heterocycles. The van der Waals surface area contributed by atoms with Gasteiger partial charge < -0.3 is 24.8 Å². The number of benzene rings is 4. The second-order valence-electron chi connectivity index (χ2n) is 5.71. The predicted octanol–water partition coefficient (Wildman–Crippen LogP) is 0.690. The van der Waals surface area contributed by atoms with Gasteiger partial charge in [0.15, 0.2) is 0 Å². The fraction of sp³-hybridized carbons (Fsp3) is 0.143. The third kappa shape index (κ3) is 17.0. The Morgan fingerprint density at radius 2 is 0.485 bits per heavy atom. The molecule has 0 aliphatic rings. The van der Waals surface area contributed by atoms with Gasteiger partial charge in [0.1, 0.15) is 0 Å². The molecule has 0 atom stereocenters. The van der Waals surface area contributed by atoms with E-state index < -0.39 is 0 Å². The SMILES string of the molecule is CC.CC.[Cl-].[Cl-].[Co+2].c1ccc(Pc2ccccc2)cc1.c1ccc(Pc2ccccc2)cc1. The van der Waals surface area contributed by atoms with Gasteiger partial charge in [0, 0.05) is 0 Å². The normalized spacial score (nSPS) is 8.12. The molecule has 0 fully saturated rings. The van der Waals surface area contributed by atoms with Gasteiger partial charge in [-0.15, -0.1) is 0 Å². The summed E-state index contributed by atoms with van der Waals surface area (Å²) in [6, 6.07) is 42.3. The summed E-state index contributed by atoms with van der Waals surface area (Å²) in [4.78, 5) is 0. The van der Waals surface area contributed by atoms with Crippen molar-refractivity contribution in [2.75, 3.05) is 0 Å². The summed E-state index contributed by atoms with van der Waals surface area (Å²) in [7, 11) is 1.55. The third-order valence-corrected chi connectivity index (χ3v) is 6.16. The Balaban J connectivity index is -0.000000439. The Bertz CT molecular complexity index is 726. The van der Waals surface area contributed by atoms with Crippen molar-refractivity contribution >= 4 is 38.4 Å². The zero-order valence-corrected chi connectivity index (χ0v) is 24.2. The van der Waals surface area contributed by atoms with E-state index in [2.05, 4.69) is 121 Å². The molecule has 0 bridgehead atoms. The molecular formula is C28H34Cl2CoP2. The molecule has 0 aliphatic heterocycles. The molecule has 1 radical (unpaired) electrons. The number of halogens is 2. The smallest absolute Gasteiger partial charge is 1.00 e. The van der Waals surface area contributed by atoms with Crippen LogP contribution in [0.5, 0.6) is 0 Å². The Morgan fingerprint density at radius 1 is 0.333 bits per heavy atom. The minimum absolute atomic E-state index is 0.